The molecule has 6 aliphatic heterocycles. The molecule has 3 N–H and O–H groups in total. The lowest BCUT2D eigenvalue weighted by Gasteiger charge is -2.55. The molecule has 14 heteroatoms. The van der Waals surface area contributed by atoms with Gasteiger partial charge in [0.2, 0.25) is 5.91 Å². The second-order valence-electron chi connectivity index (χ2n) is 13.2. The molecule has 4 saturated heterocycles. The molecule has 4 atom stereocenters. The van der Waals surface area contributed by atoms with E-state index in [0.29, 0.717) is 23.2 Å². The molecule has 2 amide bonds. The average Bonchev–Trinajstić information content (AvgIpc) is 3.32. The molecule has 0 saturated carbocycles. The molecule has 8 rings (SSSR count). The van der Waals surface area contributed by atoms with Crippen molar-refractivity contribution in [2.24, 2.45) is 17.6 Å². The number of nitrogens with two attached hydrogens (primary N) is 1. The standard InChI is InChI=1S/C30H35N5O7S.ClH/c1-17-21(28(30(39)40)33-27(17)25(18(2)36)29(33)38)14-32-22-7-6-19(20-4-3-5-23(26(20)22)43(32,41)42)15-34-8-11-35(12-9-34,13-10-34)16-24(31)37;/h3-7,17-18,25,27,36H,8-16H2,1-2H3,(H-2,31,37,39,40);1H/t17-,18+,25+,27+,34?,35?;/m0./s1. The summed E-state index contributed by atoms with van der Waals surface area (Å²) in [7, 11) is -4.02. The third-order valence-corrected chi connectivity index (χ3v) is 12.7. The molecule has 2 aromatic rings. The number of sulfonamides is 1. The minimum atomic E-state index is -4.02. The third kappa shape index (κ3) is 4.20. The van der Waals surface area contributed by atoms with Gasteiger partial charge in [0.05, 0.1) is 46.9 Å². The Morgan fingerprint density at radius 2 is 1.73 bits per heavy atom. The number of fused-ring (bicyclic) bond motifs is 4. The highest BCUT2D eigenvalue weighted by molar-refractivity contribution is 7.93. The summed E-state index contributed by atoms with van der Waals surface area (Å²) in [6.07, 6.45) is -0.963. The number of hydrogen-bond donors (Lipinski definition) is 2. The minimum Gasteiger partial charge on any atom is -1.00 e. The monoisotopic (exact) mass is 645 g/mol. The van der Waals surface area contributed by atoms with E-state index in [0.717, 1.165) is 70.6 Å². The number of benzene rings is 2. The summed E-state index contributed by atoms with van der Waals surface area (Å²) in [6.45, 7) is 9.56. The zero-order chi connectivity index (χ0) is 30.6. The fourth-order valence-corrected chi connectivity index (χ4v) is 10.2. The zero-order valence-electron chi connectivity index (χ0n) is 24.6. The Labute approximate surface area is 261 Å². The van der Waals surface area contributed by atoms with Crippen molar-refractivity contribution in [3.63, 3.8) is 0 Å². The summed E-state index contributed by atoms with van der Waals surface area (Å²) in [5.41, 5.74) is 7.07. The summed E-state index contributed by atoms with van der Waals surface area (Å²) < 4.78 is 30.8. The van der Waals surface area contributed by atoms with Crippen molar-refractivity contribution >= 4 is 44.3 Å². The Morgan fingerprint density at radius 1 is 1.09 bits per heavy atom. The Balaban J connectivity index is 0.00000343. The van der Waals surface area contributed by atoms with Gasteiger partial charge >= 0.3 is 0 Å². The van der Waals surface area contributed by atoms with Crippen LogP contribution in [0.3, 0.4) is 0 Å². The van der Waals surface area contributed by atoms with Gasteiger partial charge in [0.15, 0.2) is 6.54 Å². The predicted octanol–water partition coefficient (Wildman–Crippen LogP) is -4.14. The van der Waals surface area contributed by atoms with Crippen molar-refractivity contribution < 1.29 is 54.4 Å². The fourth-order valence-electron chi connectivity index (χ4n) is 8.50. The number of nitrogens with zero attached hydrogens (tertiary/aromatic N) is 4. The van der Waals surface area contributed by atoms with Crippen LogP contribution in [0.5, 0.6) is 0 Å². The zero-order valence-corrected chi connectivity index (χ0v) is 26.2. The number of hydrogen-bond acceptors (Lipinski definition) is 7. The number of primary amides is 1. The maximum Gasteiger partial charge on any atom is 0.272 e. The second kappa shape index (κ2) is 10.1. The largest absolute Gasteiger partial charge is 1.00 e. The summed E-state index contributed by atoms with van der Waals surface area (Å²) in [5.74, 6) is -3.53. The van der Waals surface area contributed by atoms with E-state index >= 15 is 0 Å². The Kier molecular flexibility index (Phi) is 7.10. The minimum absolute atomic E-state index is 0. The number of amides is 2. The first kappa shape index (κ1) is 30.8. The van der Waals surface area contributed by atoms with Crippen LogP contribution >= 0.6 is 0 Å². The van der Waals surface area contributed by atoms with Gasteiger partial charge in [-0.05, 0) is 30.0 Å². The van der Waals surface area contributed by atoms with Gasteiger partial charge in [-0.25, -0.2) is 8.42 Å². The third-order valence-electron chi connectivity index (χ3n) is 10.9. The quantitative estimate of drug-likeness (QED) is 0.218. The number of halogens is 1. The number of aliphatic carboxylic acids is 1. The van der Waals surface area contributed by atoms with Gasteiger partial charge in [0.25, 0.3) is 15.9 Å². The first-order valence-corrected chi connectivity index (χ1v) is 16.2. The van der Waals surface area contributed by atoms with Gasteiger partial charge in [0.1, 0.15) is 45.8 Å². The van der Waals surface area contributed by atoms with Crippen LogP contribution in [0.2, 0.25) is 0 Å². The number of aliphatic hydroxyl groups is 1. The number of anilines is 1. The number of carbonyl (C=O) groups excluding carboxylic acids is 3. The van der Waals surface area contributed by atoms with Gasteiger partial charge in [-0.1, -0.05) is 25.1 Å². The molecule has 6 aliphatic rings. The fraction of sp³-hybridized carbons (Fsp3) is 0.500. The number of aliphatic hydroxyl groups excluding tert-OH is 1. The highest BCUT2D eigenvalue weighted by Crippen LogP contribution is 2.50. The number of piperazine rings is 3. The number of rotatable bonds is 8. The van der Waals surface area contributed by atoms with E-state index in [1.54, 1.807) is 19.1 Å². The number of carboxylic acid groups (broad SMARTS) is 1. The van der Waals surface area contributed by atoms with E-state index in [1.165, 1.54) is 11.2 Å². The van der Waals surface area contributed by atoms with Gasteiger partial charge in [-0.15, -0.1) is 0 Å². The Morgan fingerprint density at radius 3 is 2.32 bits per heavy atom. The molecule has 0 unspecified atom stereocenters. The Bertz CT molecular complexity index is 1730. The summed E-state index contributed by atoms with van der Waals surface area (Å²) in [6, 6.07) is 8.50. The molecule has 0 radical (unpaired) electrons. The lowest BCUT2D eigenvalue weighted by molar-refractivity contribution is -1.08. The number of carbonyl (C=O) groups is 3. The van der Waals surface area contributed by atoms with Crippen LogP contribution in [0.25, 0.3) is 10.8 Å². The van der Waals surface area contributed by atoms with Crippen molar-refractivity contribution in [2.75, 3.05) is 56.7 Å². The number of carboxylic acids is 1. The van der Waals surface area contributed by atoms with Crippen molar-refractivity contribution in [1.29, 1.82) is 0 Å². The van der Waals surface area contributed by atoms with Crippen LogP contribution in [0, 0.1) is 11.8 Å². The first-order valence-electron chi connectivity index (χ1n) is 14.8. The maximum atomic E-state index is 14.0. The normalized spacial score (nSPS) is 32.0. The van der Waals surface area contributed by atoms with E-state index in [1.807, 2.05) is 18.2 Å². The van der Waals surface area contributed by atoms with Gasteiger partial charge in [0, 0.05) is 16.9 Å². The van der Waals surface area contributed by atoms with Crippen molar-refractivity contribution in [1.82, 2.24) is 4.90 Å². The van der Waals surface area contributed by atoms with Crippen molar-refractivity contribution in [2.45, 2.75) is 37.4 Å². The molecular formula is C30H36ClN5O7S. The Hall–Kier alpha value is -3.23. The highest BCUT2D eigenvalue weighted by Gasteiger charge is 2.59. The van der Waals surface area contributed by atoms with Crippen LogP contribution in [0.1, 0.15) is 19.4 Å². The molecule has 2 bridgehead atoms. The summed E-state index contributed by atoms with van der Waals surface area (Å²) >= 11 is 0. The van der Waals surface area contributed by atoms with E-state index < -0.39 is 45.9 Å². The summed E-state index contributed by atoms with van der Waals surface area (Å²) in [5, 5.41) is 23.9. The predicted molar refractivity (Wildman–Crippen MR) is 153 cm³/mol. The molecule has 4 fully saturated rings. The van der Waals surface area contributed by atoms with Gasteiger partial charge < -0.3 is 47.0 Å². The van der Waals surface area contributed by atoms with Crippen LogP contribution in [0.4, 0.5) is 5.69 Å². The van der Waals surface area contributed by atoms with Crippen molar-refractivity contribution in [3.8, 4) is 0 Å². The van der Waals surface area contributed by atoms with E-state index in [9.17, 15) is 33.0 Å². The van der Waals surface area contributed by atoms with Crippen LogP contribution in [-0.4, -0.2) is 110 Å². The molecule has 6 heterocycles. The van der Waals surface area contributed by atoms with E-state index in [2.05, 4.69) is 0 Å². The topological polar surface area (TPSA) is 161 Å². The molecular weight excluding hydrogens is 610 g/mol. The maximum absolute atomic E-state index is 14.0. The molecule has 44 heavy (non-hydrogen) atoms. The highest BCUT2D eigenvalue weighted by atomic mass is 35.5. The van der Waals surface area contributed by atoms with E-state index in [-0.39, 0.29) is 35.5 Å². The van der Waals surface area contributed by atoms with Gasteiger partial charge in [-0.3, -0.25) is 13.9 Å². The SMILES string of the molecule is C[C@@H](O)[C@H]1C(=O)N2C(C(=O)[O-])=C(CN3c4ccc(C[N+]56CC[N+](CC(N)=O)(CC5)CC6)c5cccc(c45)S3(=O)=O)[C@H](C)[C@H]12.[Cl-]. The number of β-lactam (4-membered cyclic amide) rings is 1. The van der Waals surface area contributed by atoms with Gasteiger partial charge in [-0.2, -0.15) is 0 Å². The van der Waals surface area contributed by atoms with Crippen LogP contribution < -0.4 is 27.6 Å². The van der Waals surface area contributed by atoms with Crippen LogP contribution in [-0.2, 0) is 31.0 Å². The molecule has 0 aromatic heterocycles. The molecule has 12 nitrogen and oxygen atoms in total. The van der Waals surface area contributed by atoms with Crippen LogP contribution in [0.15, 0.2) is 46.5 Å². The first-order chi connectivity index (χ1) is 20.3. The number of quaternary nitrogens is 2. The van der Waals surface area contributed by atoms with Crippen molar-refractivity contribution in [3.05, 3.63) is 47.2 Å². The molecule has 236 valence electrons. The molecule has 0 aliphatic carbocycles. The molecule has 0 spiro atoms. The smallest absolute Gasteiger partial charge is 0.272 e. The molecule has 2 aromatic carbocycles. The lowest BCUT2D eigenvalue weighted by atomic mass is 9.78. The second-order valence-corrected chi connectivity index (χ2v) is 15.0. The van der Waals surface area contributed by atoms with E-state index in [4.69, 9.17) is 5.73 Å². The lowest BCUT2D eigenvalue weighted by Crippen LogP contribution is -3.00. The average molecular weight is 646 g/mol. The summed E-state index contributed by atoms with van der Waals surface area (Å²) in [4.78, 5) is 38.1.